The van der Waals surface area contributed by atoms with Crippen molar-refractivity contribution in [1.82, 2.24) is 15.0 Å². The Morgan fingerprint density at radius 3 is 2.73 bits per heavy atom. The topological polar surface area (TPSA) is 89.0 Å². The van der Waals surface area contributed by atoms with Crippen LogP contribution in [0.5, 0.6) is 5.75 Å². The van der Waals surface area contributed by atoms with Gasteiger partial charge in [-0.2, -0.15) is 4.39 Å². The highest BCUT2D eigenvalue weighted by Crippen LogP contribution is 2.26. The Morgan fingerprint density at radius 2 is 1.97 bits per heavy atom. The summed E-state index contributed by atoms with van der Waals surface area (Å²) in [5, 5.41) is 5.23. The van der Waals surface area contributed by atoms with Crippen molar-refractivity contribution in [2.24, 2.45) is 0 Å². The highest BCUT2D eigenvalue weighted by atomic mass is 19.3. The zero-order valence-corrected chi connectivity index (χ0v) is 15.2. The second-order valence-corrected chi connectivity index (χ2v) is 5.88. The van der Waals surface area contributed by atoms with Crippen LogP contribution in [0.15, 0.2) is 55.0 Å². The molecule has 1 aromatic carbocycles. The lowest BCUT2D eigenvalue weighted by Crippen LogP contribution is -2.21. The van der Waals surface area contributed by atoms with E-state index in [2.05, 4.69) is 30.3 Å². The smallest absolute Gasteiger partial charge is 0.304 e. The Balaban J connectivity index is 1.68. The molecule has 1 atom stereocenters. The highest BCUT2D eigenvalue weighted by molar-refractivity contribution is 6.03. The maximum absolute atomic E-state index is 13.2. The normalized spacial score (nSPS) is 11.8. The maximum Gasteiger partial charge on any atom is 0.304 e. The predicted octanol–water partition coefficient (Wildman–Crippen LogP) is 3.81. The summed E-state index contributed by atoms with van der Waals surface area (Å²) < 4.78 is 55.7. The van der Waals surface area contributed by atoms with Crippen molar-refractivity contribution in [3.63, 3.8) is 0 Å². The molecule has 0 spiro atoms. The number of nitrogens with zero attached hydrogens (tertiary/aromatic N) is 3. The summed E-state index contributed by atoms with van der Waals surface area (Å²) in [6.45, 7) is 0.217. The molecular formula is C19H15F4N5O2. The Bertz CT molecular complexity index is 1020. The molecule has 30 heavy (non-hydrogen) atoms. The number of amides is 1. The molecule has 0 aliphatic heterocycles. The van der Waals surface area contributed by atoms with Crippen LogP contribution >= 0.6 is 0 Å². The summed E-state index contributed by atoms with van der Waals surface area (Å²) in [6.07, 6.45) is -2.57. The molecule has 11 heteroatoms. The van der Waals surface area contributed by atoms with Crippen LogP contribution in [0.25, 0.3) is 0 Å². The van der Waals surface area contributed by atoms with Crippen molar-refractivity contribution in [2.45, 2.75) is 19.3 Å². The number of pyridine rings is 1. The predicted molar refractivity (Wildman–Crippen MR) is 99.5 cm³/mol. The van der Waals surface area contributed by atoms with Crippen molar-refractivity contribution < 1.29 is 27.1 Å². The zero-order valence-electron chi connectivity index (χ0n) is 15.2. The van der Waals surface area contributed by atoms with Crippen LogP contribution in [-0.4, -0.2) is 33.6 Å². The van der Waals surface area contributed by atoms with Gasteiger partial charge in [-0.1, -0.05) is 12.1 Å². The largest absolute Gasteiger partial charge is 0.452 e. The quantitative estimate of drug-likeness (QED) is 0.538. The van der Waals surface area contributed by atoms with Gasteiger partial charge in [0.2, 0.25) is 5.95 Å². The average molecular weight is 421 g/mol. The van der Waals surface area contributed by atoms with Gasteiger partial charge in [0, 0.05) is 25.0 Å². The third-order valence-electron chi connectivity index (χ3n) is 3.69. The van der Waals surface area contributed by atoms with Gasteiger partial charge >= 0.3 is 6.43 Å². The Labute approximate surface area is 168 Å². The van der Waals surface area contributed by atoms with Gasteiger partial charge in [-0.15, -0.1) is 0 Å². The number of rotatable bonds is 8. The number of alkyl halides is 3. The summed E-state index contributed by atoms with van der Waals surface area (Å²) >= 11 is 0. The summed E-state index contributed by atoms with van der Waals surface area (Å²) in [7, 11) is 0. The van der Waals surface area contributed by atoms with Crippen molar-refractivity contribution in [1.29, 1.82) is 0 Å². The summed E-state index contributed by atoms with van der Waals surface area (Å²) in [5.41, 5.74) is 0.469. The number of nitrogens with one attached hydrogen (secondary N) is 2. The van der Waals surface area contributed by atoms with Crippen LogP contribution in [-0.2, 0) is 6.54 Å². The standard InChI is InChI=1S/C19H15F4N5O2/c20-12-3-1-2-11(8-12)9-26-19-25-7-4-13(28-19)18(29)27-14-10-24-6-5-15(14)30-17(23)16(21)22/h1-8,10,16-17H,9H2,(H,27,29)(H,25,26,28). The highest BCUT2D eigenvalue weighted by Gasteiger charge is 2.23. The Hall–Kier alpha value is -3.76. The molecule has 3 rings (SSSR count). The van der Waals surface area contributed by atoms with E-state index in [0.717, 1.165) is 12.3 Å². The first-order valence-corrected chi connectivity index (χ1v) is 8.58. The zero-order chi connectivity index (χ0) is 21.5. The van der Waals surface area contributed by atoms with E-state index in [1.807, 2.05) is 0 Å². The number of hydrogen-bond donors (Lipinski definition) is 2. The molecule has 0 bridgehead atoms. The lowest BCUT2D eigenvalue weighted by atomic mass is 10.2. The van der Waals surface area contributed by atoms with Crippen LogP contribution in [0.4, 0.5) is 29.2 Å². The van der Waals surface area contributed by atoms with Crippen molar-refractivity contribution in [3.8, 4) is 5.75 Å². The molecule has 1 amide bonds. The summed E-state index contributed by atoms with van der Waals surface area (Å²) in [5.74, 6) is -1.32. The summed E-state index contributed by atoms with van der Waals surface area (Å²) in [6, 6.07) is 8.36. The second kappa shape index (κ2) is 9.63. The minimum Gasteiger partial charge on any atom is -0.452 e. The van der Waals surface area contributed by atoms with Gasteiger partial charge in [-0.25, -0.2) is 23.1 Å². The van der Waals surface area contributed by atoms with E-state index in [-0.39, 0.29) is 35.4 Å². The fourth-order valence-electron chi connectivity index (χ4n) is 2.34. The molecule has 3 aromatic rings. The molecule has 0 saturated heterocycles. The molecule has 156 valence electrons. The lowest BCUT2D eigenvalue weighted by Gasteiger charge is -2.14. The number of carbonyl (C=O) groups is 1. The molecule has 2 aromatic heterocycles. The Kier molecular flexibility index (Phi) is 6.73. The lowest BCUT2D eigenvalue weighted by molar-refractivity contribution is -0.0665. The molecule has 2 N–H and O–H groups in total. The second-order valence-electron chi connectivity index (χ2n) is 5.88. The van der Waals surface area contributed by atoms with Crippen LogP contribution in [0, 0.1) is 5.82 Å². The van der Waals surface area contributed by atoms with Gasteiger partial charge in [-0.05, 0) is 23.8 Å². The van der Waals surface area contributed by atoms with Crippen molar-refractivity contribution >= 4 is 17.5 Å². The first kappa shape index (κ1) is 21.0. The van der Waals surface area contributed by atoms with E-state index in [1.54, 1.807) is 12.1 Å². The van der Waals surface area contributed by atoms with Gasteiger partial charge < -0.3 is 15.4 Å². The SMILES string of the molecule is O=C(Nc1cnccc1OC(F)C(F)F)c1ccnc(NCc2cccc(F)c2)n1. The number of aromatic nitrogens is 3. The van der Waals surface area contributed by atoms with Crippen LogP contribution in [0.2, 0.25) is 0 Å². The fraction of sp³-hybridized carbons (Fsp3) is 0.158. The molecule has 7 nitrogen and oxygen atoms in total. The number of benzene rings is 1. The van der Waals surface area contributed by atoms with E-state index in [4.69, 9.17) is 0 Å². The first-order valence-electron chi connectivity index (χ1n) is 8.58. The first-order chi connectivity index (χ1) is 14.4. The van der Waals surface area contributed by atoms with Gasteiger partial charge in [0.25, 0.3) is 12.3 Å². The number of ether oxygens (including phenoxy) is 1. The van der Waals surface area contributed by atoms with Gasteiger partial charge in [0.1, 0.15) is 22.9 Å². The van der Waals surface area contributed by atoms with E-state index >= 15 is 0 Å². The third-order valence-corrected chi connectivity index (χ3v) is 3.69. The molecule has 0 saturated carbocycles. The van der Waals surface area contributed by atoms with E-state index in [1.165, 1.54) is 30.6 Å². The van der Waals surface area contributed by atoms with E-state index in [0.29, 0.717) is 5.56 Å². The van der Waals surface area contributed by atoms with Crippen LogP contribution in [0.1, 0.15) is 16.1 Å². The molecule has 0 radical (unpaired) electrons. The van der Waals surface area contributed by atoms with Crippen molar-refractivity contribution in [2.75, 3.05) is 10.6 Å². The summed E-state index contributed by atoms with van der Waals surface area (Å²) in [4.78, 5) is 24.2. The van der Waals surface area contributed by atoms with E-state index in [9.17, 15) is 22.4 Å². The van der Waals surface area contributed by atoms with Crippen molar-refractivity contribution in [3.05, 3.63) is 72.1 Å². The molecule has 0 aliphatic rings. The van der Waals surface area contributed by atoms with Gasteiger partial charge in [0.15, 0.2) is 0 Å². The number of hydrogen-bond acceptors (Lipinski definition) is 6. The number of anilines is 2. The third kappa shape index (κ3) is 5.63. The number of halogens is 4. The van der Waals surface area contributed by atoms with E-state index < -0.39 is 18.7 Å². The average Bonchev–Trinajstić information content (AvgIpc) is 2.74. The maximum atomic E-state index is 13.2. The molecule has 1 unspecified atom stereocenters. The fourth-order valence-corrected chi connectivity index (χ4v) is 2.34. The Morgan fingerprint density at radius 1 is 1.13 bits per heavy atom. The minimum absolute atomic E-state index is 0.0628. The van der Waals surface area contributed by atoms with Crippen LogP contribution < -0.4 is 15.4 Å². The van der Waals surface area contributed by atoms with Crippen LogP contribution in [0.3, 0.4) is 0 Å². The number of carbonyl (C=O) groups excluding carboxylic acids is 1. The molecular weight excluding hydrogens is 406 g/mol. The van der Waals surface area contributed by atoms with Gasteiger partial charge in [0.05, 0.1) is 6.20 Å². The molecule has 2 heterocycles. The molecule has 0 aliphatic carbocycles. The molecule has 0 fully saturated rings. The minimum atomic E-state index is -3.35. The monoisotopic (exact) mass is 421 g/mol. The van der Waals surface area contributed by atoms with Gasteiger partial charge in [-0.3, -0.25) is 9.78 Å².